The maximum atomic E-state index is 12.2. The third kappa shape index (κ3) is 6.53. The fourth-order valence-electron chi connectivity index (χ4n) is 3.02. The topological polar surface area (TPSA) is 78.6 Å². The van der Waals surface area contributed by atoms with Crippen LogP contribution < -0.4 is 11.1 Å². The Balaban J connectivity index is 1.37. The van der Waals surface area contributed by atoms with E-state index in [0.29, 0.717) is 17.1 Å². The number of benzene rings is 1. The van der Waals surface area contributed by atoms with Gasteiger partial charge in [0.25, 0.3) is 5.56 Å². The lowest BCUT2D eigenvalue weighted by Crippen LogP contribution is -2.15. The smallest absolute Gasteiger partial charge is 0.255 e. The van der Waals surface area contributed by atoms with Crippen molar-refractivity contribution < 1.29 is 0 Å². The van der Waals surface area contributed by atoms with Crippen LogP contribution in [0.5, 0.6) is 0 Å². The number of pyridine rings is 1. The van der Waals surface area contributed by atoms with E-state index in [1.807, 2.05) is 6.07 Å². The minimum absolute atomic E-state index is 0.138. The molecule has 0 aliphatic rings. The van der Waals surface area contributed by atoms with Crippen LogP contribution in [0.2, 0.25) is 0 Å². The van der Waals surface area contributed by atoms with Gasteiger partial charge >= 0.3 is 0 Å². The van der Waals surface area contributed by atoms with Crippen molar-refractivity contribution in [3.63, 3.8) is 0 Å². The molecule has 0 amide bonds. The van der Waals surface area contributed by atoms with Crippen LogP contribution in [-0.4, -0.2) is 20.7 Å². The van der Waals surface area contributed by atoms with Crippen molar-refractivity contribution in [2.24, 2.45) is 0 Å². The van der Waals surface area contributed by atoms with Crippen LogP contribution in [0.25, 0.3) is 0 Å². The highest BCUT2D eigenvalue weighted by Crippen LogP contribution is 2.15. The van der Waals surface area contributed by atoms with Gasteiger partial charge in [-0.25, -0.2) is 4.98 Å². The summed E-state index contributed by atoms with van der Waals surface area (Å²) in [6.45, 7) is 0. The van der Waals surface area contributed by atoms with E-state index in [4.69, 9.17) is 0 Å². The largest absolute Gasteiger partial charge is 0.329 e. The zero-order chi connectivity index (χ0) is 19.6. The highest BCUT2D eigenvalue weighted by molar-refractivity contribution is 7.99. The van der Waals surface area contributed by atoms with E-state index in [1.165, 1.54) is 30.9 Å². The fourth-order valence-corrected chi connectivity index (χ4v) is 3.86. The first-order valence-corrected chi connectivity index (χ1v) is 10.6. The number of aromatic nitrogens is 3. The van der Waals surface area contributed by atoms with Gasteiger partial charge in [0.05, 0.1) is 0 Å². The zero-order valence-electron chi connectivity index (χ0n) is 15.8. The molecule has 6 heteroatoms. The van der Waals surface area contributed by atoms with Crippen molar-refractivity contribution in [3.05, 3.63) is 92.3 Å². The first-order chi connectivity index (χ1) is 13.7. The molecule has 0 atom stereocenters. The van der Waals surface area contributed by atoms with Crippen LogP contribution in [0, 0.1) is 0 Å². The highest BCUT2D eigenvalue weighted by Gasteiger charge is 2.05. The average molecular weight is 396 g/mol. The highest BCUT2D eigenvalue weighted by atomic mass is 32.2. The summed E-state index contributed by atoms with van der Waals surface area (Å²) in [5.41, 5.74) is 2.46. The van der Waals surface area contributed by atoms with Crippen molar-refractivity contribution in [3.8, 4) is 0 Å². The second kappa shape index (κ2) is 10.7. The predicted molar refractivity (Wildman–Crippen MR) is 114 cm³/mol. The van der Waals surface area contributed by atoms with Gasteiger partial charge in [0, 0.05) is 36.2 Å². The van der Waals surface area contributed by atoms with Crippen LogP contribution in [0.1, 0.15) is 42.4 Å². The van der Waals surface area contributed by atoms with Gasteiger partial charge in [-0.15, -0.1) is 0 Å². The first kappa shape index (κ1) is 20.1. The standard InChI is InChI=1S/C22H25N3O2S/c26-20-15-18(11-12-23-20)14-19-16-24-22(25-21(19)27)28-13-7-2-1-4-8-17-9-5-3-6-10-17/h3,5-6,9-12,15-16H,1-2,4,7-8,13-14H2,(H,23,26)(H,24,25,27). The molecular weight excluding hydrogens is 370 g/mol. The summed E-state index contributed by atoms with van der Waals surface area (Å²) in [4.78, 5) is 33.4. The number of thioether (sulfide) groups is 1. The third-order valence-corrected chi connectivity index (χ3v) is 5.50. The summed E-state index contributed by atoms with van der Waals surface area (Å²) in [6, 6.07) is 13.9. The molecule has 2 N–H and O–H groups in total. The summed E-state index contributed by atoms with van der Waals surface area (Å²) in [6.07, 6.45) is 9.46. The summed E-state index contributed by atoms with van der Waals surface area (Å²) in [5.74, 6) is 0.946. The lowest BCUT2D eigenvalue weighted by molar-refractivity contribution is 0.670. The normalized spacial score (nSPS) is 10.9. The van der Waals surface area contributed by atoms with Gasteiger partial charge in [0.15, 0.2) is 5.16 Å². The van der Waals surface area contributed by atoms with Crippen molar-refractivity contribution in [2.45, 2.75) is 43.7 Å². The number of nitrogens with one attached hydrogen (secondary N) is 2. The van der Waals surface area contributed by atoms with Gasteiger partial charge in [0.1, 0.15) is 0 Å². The Labute approximate surface area is 168 Å². The van der Waals surface area contributed by atoms with Crippen LogP contribution in [0.4, 0.5) is 0 Å². The van der Waals surface area contributed by atoms with E-state index < -0.39 is 0 Å². The van der Waals surface area contributed by atoms with Gasteiger partial charge in [-0.05, 0) is 36.5 Å². The quantitative estimate of drug-likeness (QED) is 0.310. The molecule has 0 spiro atoms. The maximum absolute atomic E-state index is 12.2. The number of rotatable bonds is 10. The van der Waals surface area contributed by atoms with E-state index in [1.54, 1.807) is 30.2 Å². The molecular formula is C22H25N3O2S. The van der Waals surface area contributed by atoms with E-state index in [9.17, 15) is 9.59 Å². The lowest BCUT2D eigenvalue weighted by Gasteiger charge is -2.04. The lowest BCUT2D eigenvalue weighted by atomic mass is 10.1. The van der Waals surface area contributed by atoms with Gasteiger partial charge in [-0.3, -0.25) is 9.59 Å². The van der Waals surface area contributed by atoms with E-state index in [-0.39, 0.29) is 11.1 Å². The molecule has 3 aromatic rings. The van der Waals surface area contributed by atoms with Crippen LogP contribution >= 0.6 is 11.8 Å². The molecule has 0 saturated carbocycles. The average Bonchev–Trinajstić information content (AvgIpc) is 2.70. The van der Waals surface area contributed by atoms with E-state index in [2.05, 4.69) is 39.2 Å². The molecule has 5 nitrogen and oxygen atoms in total. The molecule has 2 aromatic heterocycles. The molecule has 0 aliphatic heterocycles. The van der Waals surface area contributed by atoms with Crippen molar-refractivity contribution >= 4 is 11.8 Å². The SMILES string of the molecule is O=c1cc(Cc2cnc(SCCCCCCc3ccccc3)[nH]c2=O)cc[nH]1. The molecule has 0 radical (unpaired) electrons. The second-order valence-corrected chi connectivity index (χ2v) is 7.86. The molecule has 146 valence electrons. The summed E-state index contributed by atoms with van der Waals surface area (Å²) in [7, 11) is 0. The number of nitrogens with zero attached hydrogens (tertiary/aromatic N) is 1. The van der Waals surface area contributed by atoms with Gasteiger partial charge in [-0.2, -0.15) is 0 Å². The summed E-state index contributed by atoms with van der Waals surface area (Å²) in [5, 5.41) is 0.656. The summed E-state index contributed by atoms with van der Waals surface area (Å²) < 4.78 is 0. The Morgan fingerprint density at radius 1 is 0.929 bits per heavy atom. The van der Waals surface area contributed by atoms with Crippen LogP contribution in [0.3, 0.4) is 0 Å². The Kier molecular flexibility index (Phi) is 7.67. The number of unbranched alkanes of at least 4 members (excludes halogenated alkanes) is 3. The molecule has 1 aromatic carbocycles. The van der Waals surface area contributed by atoms with Gasteiger partial charge < -0.3 is 9.97 Å². The van der Waals surface area contributed by atoms with Crippen LogP contribution in [-0.2, 0) is 12.8 Å². The minimum atomic E-state index is -0.169. The zero-order valence-corrected chi connectivity index (χ0v) is 16.6. The summed E-state index contributed by atoms with van der Waals surface area (Å²) >= 11 is 1.58. The Hall–Kier alpha value is -2.60. The molecule has 3 rings (SSSR count). The molecule has 0 aliphatic carbocycles. The van der Waals surface area contributed by atoms with E-state index >= 15 is 0 Å². The number of aromatic amines is 2. The molecule has 2 heterocycles. The Bertz CT molecular complexity index is 983. The van der Waals surface area contributed by atoms with Gasteiger partial charge in [-0.1, -0.05) is 54.9 Å². The number of H-pyrrole nitrogens is 2. The van der Waals surface area contributed by atoms with Crippen molar-refractivity contribution in [1.82, 2.24) is 15.0 Å². The maximum Gasteiger partial charge on any atom is 0.255 e. The van der Waals surface area contributed by atoms with Crippen molar-refractivity contribution in [1.29, 1.82) is 0 Å². The Morgan fingerprint density at radius 2 is 1.75 bits per heavy atom. The van der Waals surface area contributed by atoms with E-state index in [0.717, 1.165) is 24.2 Å². The number of hydrogen-bond acceptors (Lipinski definition) is 4. The molecule has 28 heavy (non-hydrogen) atoms. The monoisotopic (exact) mass is 395 g/mol. The predicted octanol–water partition coefficient (Wildman–Crippen LogP) is 3.94. The molecule has 0 saturated heterocycles. The Morgan fingerprint density at radius 3 is 2.54 bits per heavy atom. The molecule has 0 unspecified atom stereocenters. The number of hydrogen-bond donors (Lipinski definition) is 2. The minimum Gasteiger partial charge on any atom is -0.329 e. The second-order valence-electron chi connectivity index (χ2n) is 6.78. The number of aryl methyl sites for hydroxylation is 1. The van der Waals surface area contributed by atoms with Gasteiger partial charge in [0.2, 0.25) is 5.56 Å². The fraction of sp³-hybridized carbons (Fsp3) is 0.318. The third-order valence-electron chi connectivity index (χ3n) is 4.53. The molecule has 0 fully saturated rings. The molecule has 0 bridgehead atoms. The first-order valence-electron chi connectivity index (χ1n) is 9.63. The van der Waals surface area contributed by atoms with Crippen molar-refractivity contribution in [2.75, 3.05) is 5.75 Å². The van der Waals surface area contributed by atoms with Crippen LogP contribution in [0.15, 0.2) is 69.6 Å².